The Morgan fingerprint density at radius 1 is 0.828 bits per heavy atom. The molecule has 4 N–H and O–H groups in total. The Labute approximate surface area is 176 Å². The molecule has 0 bridgehead atoms. The highest BCUT2D eigenvalue weighted by Gasteiger charge is 2.20. The van der Waals surface area contributed by atoms with E-state index in [-0.39, 0.29) is 18.7 Å². The van der Waals surface area contributed by atoms with E-state index >= 15 is 0 Å². The second-order valence-electron chi connectivity index (χ2n) is 7.80. The molecule has 0 aromatic heterocycles. The third-order valence-corrected chi connectivity index (χ3v) is 4.98. The van der Waals surface area contributed by atoms with Gasteiger partial charge in [0.05, 0.1) is 0 Å². The minimum Gasteiger partial charge on any atom is -0.480 e. The molecular weight excluding hydrogens is 368 g/mol. The number of carbonyl (C=O) groups excluding carboxylic acids is 2. The number of carboxylic acids is 1. The molecule has 29 heavy (non-hydrogen) atoms. The highest BCUT2D eigenvalue weighted by Crippen LogP contribution is 2.10. The molecule has 0 aliphatic heterocycles. The summed E-state index contributed by atoms with van der Waals surface area (Å²) in [5.41, 5.74) is 5.02. The number of carboxylic acid groups (broad SMARTS) is 1. The zero-order chi connectivity index (χ0) is 21.7. The molecule has 0 aromatic carbocycles. The molecule has 0 heterocycles. The van der Waals surface area contributed by atoms with Crippen molar-refractivity contribution in [2.45, 2.75) is 116 Å². The molecule has 168 valence electrons. The van der Waals surface area contributed by atoms with Crippen LogP contribution in [0.25, 0.3) is 0 Å². The molecule has 0 aromatic rings. The molecule has 6 heteroatoms. The summed E-state index contributed by atoms with van der Waals surface area (Å²) in [6.07, 6.45) is 20.4. The van der Waals surface area contributed by atoms with Crippen LogP contribution < -0.4 is 11.1 Å². The van der Waals surface area contributed by atoms with Crippen LogP contribution in [0, 0.1) is 0 Å². The van der Waals surface area contributed by atoms with Gasteiger partial charge in [-0.3, -0.25) is 9.59 Å². The van der Waals surface area contributed by atoms with Gasteiger partial charge in [0, 0.05) is 12.8 Å². The van der Waals surface area contributed by atoms with Crippen LogP contribution in [0.1, 0.15) is 110 Å². The van der Waals surface area contributed by atoms with E-state index in [2.05, 4.69) is 24.4 Å². The second kappa shape index (κ2) is 19.5. The monoisotopic (exact) mass is 410 g/mol. The molecular formula is C23H42N2O4. The average Bonchev–Trinajstić information content (AvgIpc) is 2.67. The number of hydrogen-bond donors (Lipinski definition) is 3. The van der Waals surface area contributed by atoms with Gasteiger partial charge in [-0.05, 0) is 38.5 Å². The van der Waals surface area contributed by atoms with E-state index in [4.69, 9.17) is 10.8 Å². The van der Waals surface area contributed by atoms with Crippen LogP contribution in [-0.4, -0.2) is 28.9 Å². The van der Waals surface area contributed by atoms with Crippen molar-refractivity contribution in [2.75, 3.05) is 0 Å². The Morgan fingerprint density at radius 2 is 1.34 bits per heavy atom. The van der Waals surface area contributed by atoms with Crippen molar-refractivity contribution in [1.82, 2.24) is 5.32 Å². The minimum atomic E-state index is -1.14. The minimum absolute atomic E-state index is 0.0305. The Morgan fingerprint density at radius 3 is 1.86 bits per heavy atom. The van der Waals surface area contributed by atoms with Crippen LogP contribution in [0.15, 0.2) is 12.2 Å². The van der Waals surface area contributed by atoms with Crippen molar-refractivity contribution in [2.24, 2.45) is 5.73 Å². The maximum Gasteiger partial charge on any atom is 0.326 e. The number of amides is 2. The molecule has 0 saturated carbocycles. The van der Waals surface area contributed by atoms with Crippen molar-refractivity contribution in [3.8, 4) is 0 Å². The maximum absolute atomic E-state index is 11.8. The van der Waals surface area contributed by atoms with E-state index in [0.29, 0.717) is 6.42 Å². The number of rotatable bonds is 20. The van der Waals surface area contributed by atoms with Gasteiger partial charge < -0.3 is 16.2 Å². The quantitative estimate of drug-likeness (QED) is 0.197. The van der Waals surface area contributed by atoms with E-state index in [1.807, 2.05) is 0 Å². The normalized spacial score (nSPS) is 12.2. The lowest BCUT2D eigenvalue weighted by molar-refractivity contribution is -0.142. The summed E-state index contributed by atoms with van der Waals surface area (Å²) in [4.78, 5) is 33.7. The number of nitrogens with two attached hydrogens (primary N) is 1. The number of aliphatic carboxylic acids is 1. The summed E-state index contributed by atoms with van der Waals surface area (Å²) in [6, 6.07) is -1.04. The number of carbonyl (C=O) groups is 3. The zero-order valence-corrected chi connectivity index (χ0v) is 18.3. The van der Waals surface area contributed by atoms with E-state index in [1.54, 1.807) is 0 Å². The number of hydrogen-bond acceptors (Lipinski definition) is 3. The van der Waals surface area contributed by atoms with Crippen LogP contribution in [0.3, 0.4) is 0 Å². The zero-order valence-electron chi connectivity index (χ0n) is 18.3. The van der Waals surface area contributed by atoms with Gasteiger partial charge in [0.25, 0.3) is 0 Å². The summed E-state index contributed by atoms with van der Waals surface area (Å²) >= 11 is 0. The summed E-state index contributed by atoms with van der Waals surface area (Å²) in [6.45, 7) is 2.24. The van der Waals surface area contributed by atoms with E-state index < -0.39 is 17.9 Å². The molecule has 0 saturated heterocycles. The number of allylic oxidation sites excluding steroid dienone is 2. The van der Waals surface area contributed by atoms with Gasteiger partial charge in [0.1, 0.15) is 6.04 Å². The summed E-state index contributed by atoms with van der Waals surface area (Å²) in [5.74, 6) is -1.98. The highest BCUT2D eigenvalue weighted by molar-refractivity contribution is 5.84. The molecule has 0 rings (SSSR count). The van der Waals surface area contributed by atoms with E-state index in [9.17, 15) is 14.4 Å². The summed E-state index contributed by atoms with van der Waals surface area (Å²) in [7, 11) is 0. The largest absolute Gasteiger partial charge is 0.480 e. The van der Waals surface area contributed by atoms with Crippen LogP contribution in [0.2, 0.25) is 0 Å². The molecule has 1 atom stereocenters. The van der Waals surface area contributed by atoms with Crippen molar-refractivity contribution < 1.29 is 19.5 Å². The first-order valence-corrected chi connectivity index (χ1v) is 11.4. The highest BCUT2D eigenvalue weighted by atomic mass is 16.4. The molecule has 0 aliphatic carbocycles. The van der Waals surface area contributed by atoms with Gasteiger partial charge in [-0.2, -0.15) is 0 Å². The lowest BCUT2D eigenvalue weighted by Gasteiger charge is -2.13. The third-order valence-electron chi connectivity index (χ3n) is 4.98. The van der Waals surface area contributed by atoms with Crippen LogP contribution >= 0.6 is 0 Å². The standard InChI is InChI=1S/C23H42N2O4/c1-2-3-4-5-6-7-8-9-10-11-12-13-14-15-16-17-22(27)25-20(23(28)29)18-19-21(24)26/h9-10,20H,2-8,11-19H2,1H3,(H2,24,26)(H,25,27)(H,28,29)/b10-9-. The van der Waals surface area contributed by atoms with E-state index in [1.165, 1.54) is 51.4 Å². The molecule has 1 unspecified atom stereocenters. The maximum atomic E-state index is 11.8. The molecule has 2 amide bonds. The van der Waals surface area contributed by atoms with E-state index in [0.717, 1.165) is 32.1 Å². The first-order valence-electron chi connectivity index (χ1n) is 11.4. The number of nitrogens with one attached hydrogen (secondary N) is 1. The fraction of sp³-hybridized carbons (Fsp3) is 0.783. The topological polar surface area (TPSA) is 109 Å². The predicted molar refractivity (Wildman–Crippen MR) is 117 cm³/mol. The fourth-order valence-electron chi connectivity index (χ4n) is 3.17. The third kappa shape index (κ3) is 19.2. The van der Waals surface area contributed by atoms with Crippen LogP contribution in [0.4, 0.5) is 0 Å². The smallest absolute Gasteiger partial charge is 0.326 e. The molecule has 0 fully saturated rings. The van der Waals surface area contributed by atoms with Crippen molar-refractivity contribution in [3.05, 3.63) is 12.2 Å². The van der Waals surface area contributed by atoms with Gasteiger partial charge in [-0.1, -0.05) is 70.4 Å². The molecule has 0 radical (unpaired) electrons. The Bertz CT molecular complexity index is 477. The first-order chi connectivity index (χ1) is 14.0. The predicted octanol–water partition coefficient (Wildman–Crippen LogP) is 4.86. The summed E-state index contributed by atoms with van der Waals surface area (Å²) in [5, 5.41) is 11.5. The molecule has 6 nitrogen and oxygen atoms in total. The average molecular weight is 411 g/mol. The fourth-order valence-corrected chi connectivity index (χ4v) is 3.17. The van der Waals surface area contributed by atoms with Crippen molar-refractivity contribution >= 4 is 17.8 Å². The first kappa shape index (κ1) is 27.1. The summed E-state index contributed by atoms with van der Waals surface area (Å²) < 4.78 is 0. The second-order valence-corrected chi connectivity index (χ2v) is 7.80. The number of unbranched alkanes of at least 4 members (excludes halogenated alkanes) is 11. The lowest BCUT2D eigenvalue weighted by Crippen LogP contribution is -2.41. The van der Waals surface area contributed by atoms with Gasteiger partial charge in [0.15, 0.2) is 0 Å². The van der Waals surface area contributed by atoms with Crippen molar-refractivity contribution in [3.63, 3.8) is 0 Å². The SMILES string of the molecule is CCCCCCCC/C=C\CCCCCCCC(=O)NC(CCC(N)=O)C(=O)O. The van der Waals surface area contributed by atoms with Gasteiger partial charge in [0.2, 0.25) is 11.8 Å². The van der Waals surface area contributed by atoms with Gasteiger partial charge >= 0.3 is 5.97 Å². The molecule has 0 spiro atoms. The number of primary amides is 1. The Hall–Kier alpha value is -1.85. The van der Waals surface area contributed by atoms with Gasteiger partial charge in [-0.15, -0.1) is 0 Å². The Balaban J connectivity index is 3.54. The van der Waals surface area contributed by atoms with Crippen LogP contribution in [0.5, 0.6) is 0 Å². The Kier molecular flexibility index (Phi) is 18.2. The lowest BCUT2D eigenvalue weighted by atomic mass is 10.1. The van der Waals surface area contributed by atoms with Crippen molar-refractivity contribution in [1.29, 1.82) is 0 Å². The van der Waals surface area contributed by atoms with Gasteiger partial charge in [-0.25, -0.2) is 4.79 Å². The van der Waals surface area contributed by atoms with Crippen LogP contribution in [-0.2, 0) is 14.4 Å². The molecule has 0 aliphatic rings.